The molecule has 100 valence electrons. The Morgan fingerprint density at radius 3 is 2.39 bits per heavy atom. The molecule has 0 saturated heterocycles. The zero-order valence-electron chi connectivity index (χ0n) is 11.4. The number of anilines is 1. The third-order valence-corrected chi connectivity index (χ3v) is 3.27. The van der Waals surface area contributed by atoms with Gasteiger partial charge in [-0.2, -0.15) is 0 Å². The molecule has 0 radical (unpaired) electrons. The Hall–Kier alpha value is -1.51. The molecule has 0 amide bonds. The molecule has 0 heterocycles. The summed E-state index contributed by atoms with van der Waals surface area (Å²) in [7, 11) is 0. The molecule has 0 aromatic heterocycles. The van der Waals surface area contributed by atoms with E-state index in [-0.39, 0.29) is 12.3 Å². The number of aliphatic carboxylic acids is 1. The fraction of sp³-hybridized carbons (Fsp3) is 0.533. The number of hydrogen-bond donors (Lipinski definition) is 2. The smallest absolute Gasteiger partial charge is 0.303 e. The van der Waals surface area contributed by atoms with Gasteiger partial charge in [0.2, 0.25) is 0 Å². The second-order valence-corrected chi connectivity index (χ2v) is 5.02. The molecule has 0 fully saturated rings. The van der Waals surface area contributed by atoms with Gasteiger partial charge in [0.1, 0.15) is 0 Å². The lowest BCUT2D eigenvalue weighted by molar-refractivity contribution is -0.137. The molecule has 0 spiro atoms. The molecule has 18 heavy (non-hydrogen) atoms. The lowest BCUT2D eigenvalue weighted by Crippen LogP contribution is -2.14. The van der Waals surface area contributed by atoms with Crippen LogP contribution < -0.4 is 5.32 Å². The first-order chi connectivity index (χ1) is 8.52. The van der Waals surface area contributed by atoms with Crippen molar-refractivity contribution in [3.8, 4) is 0 Å². The zero-order valence-corrected chi connectivity index (χ0v) is 11.4. The van der Waals surface area contributed by atoms with Crippen molar-refractivity contribution in [3.63, 3.8) is 0 Å². The van der Waals surface area contributed by atoms with Crippen molar-refractivity contribution in [2.45, 2.75) is 39.5 Å². The summed E-state index contributed by atoms with van der Waals surface area (Å²) in [4.78, 5) is 10.5. The van der Waals surface area contributed by atoms with Crippen LogP contribution in [0.1, 0.15) is 45.1 Å². The minimum absolute atomic E-state index is 0.136. The van der Waals surface area contributed by atoms with E-state index in [0.717, 1.165) is 12.1 Å². The number of nitrogens with one attached hydrogen (secondary N) is 1. The maximum atomic E-state index is 10.5. The Labute approximate surface area is 109 Å². The van der Waals surface area contributed by atoms with Crippen LogP contribution in [0, 0.1) is 5.92 Å². The summed E-state index contributed by atoms with van der Waals surface area (Å²) in [5.74, 6) is -0.0156. The van der Waals surface area contributed by atoms with Crippen molar-refractivity contribution in [3.05, 3.63) is 29.8 Å². The van der Waals surface area contributed by atoms with Crippen molar-refractivity contribution in [1.29, 1.82) is 0 Å². The zero-order chi connectivity index (χ0) is 13.5. The fourth-order valence-corrected chi connectivity index (χ4v) is 1.83. The van der Waals surface area contributed by atoms with Gasteiger partial charge >= 0.3 is 5.97 Å². The Balaban J connectivity index is 2.46. The molecule has 0 bridgehead atoms. The second-order valence-electron chi connectivity index (χ2n) is 5.02. The van der Waals surface area contributed by atoms with E-state index in [0.29, 0.717) is 12.5 Å². The average Bonchev–Trinajstić information content (AvgIpc) is 2.35. The number of carbonyl (C=O) groups is 1. The molecular weight excluding hydrogens is 226 g/mol. The van der Waals surface area contributed by atoms with Gasteiger partial charge < -0.3 is 10.4 Å². The van der Waals surface area contributed by atoms with Crippen molar-refractivity contribution in [1.82, 2.24) is 0 Å². The van der Waals surface area contributed by atoms with Crippen LogP contribution in [0.4, 0.5) is 5.69 Å². The summed E-state index contributed by atoms with van der Waals surface area (Å²) < 4.78 is 0. The summed E-state index contributed by atoms with van der Waals surface area (Å²) in [5, 5.41) is 11.9. The van der Waals surface area contributed by atoms with Gasteiger partial charge in [-0.15, -0.1) is 0 Å². The van der Waals surface area contributed by atoms with Crippen LogP contribution in [0.3, 0.4) is 0 Å². The van der Waals surface area contributed by atoms with E-state index in [4.69, 9.17) is 5.11 Å². The molecule has 1 aromatic rings. The van der Waals surface area contributed by atoms with E-state index < -0.39 is 5.97 Å². The Morgan fingerprint density at radius 2 is 1.89 bits per heavy atom. The third kappa shape index (κ3) is 4.78. The maximum absolute atomic E-state index is 10.5. The van der Waals surface area contributed by atoms with Crippen molar-refractivity contribution < 1.29 is 9.90 Å². The monoisotopic (exact) mass is 249 g/mol. The largest absolute Gasteiger partial charge is 0.481 e. The average molecular weight is 249 g/mol. The molecule has 0 aliphatic carbocycles. The predicted molar refractivity (Wildman–Crippen MR) is 75.1 cm³/mol. The minimum atomic E-state index is -0.739. The summed E-state index contributed by atoms with van der Waals surface area (Å²) in [5.41, 5.74) is 2.40. The minimum Gasteiger partial charge on any atom is -0.481 e. The summed E-state index contributed by atoms with van der Waals surface area (Å²) in [6.07, 6.45) is 1.35. The molecule has 2 atom stereocenters. The molecule has 0 aliphatic heterocycles. The number of carboxylic acid groups (broad SMARTS) is 1. The molecule has 3 heteroatoms. The standard InChI is InChI=1S/C15H23NO2/c1-4-12(3)13-5-7-14(8-6-13)16-10-11(2)9-15(17)18/h5-8,11-12,16H,4,9-10H2,1-3H3,(H,17,18). The van der Waals surface area contributed by atoms with Gasteiger partial charge in [-0.1, -0.05) is 32.9 Å². The van der Waals surface area contributed by atoms with Crippen LogP contribution in [-0.2, 0) is 4.79 Å². The molecular formula is C15H23NO2. The SMILES string of the molecule is CCC(C)c1ccc(NCC(C)CC(=O)O)cc1. The van der Waals surface area contributed by atoms with Gasteiger partial charge in [0, 0.05) is 18.7 Å². The highest BCUT2D eigenvalue weighted by Gasteiger charge is 2.07. The molecule has 1 rings (SSSR count). The van der Waals surface area contributed by atoms with E-state index in [9.17, 15) is 4.79 Å². The van der Waals surface area contributed by atoms with Crippen molar-refractivity contribution in [2.24, 2.45) is 5.92 Å². The Kier molecular flexibility index (Phi) is 5.69. The highest BCUT2D eigenvalue weighted by molar-refractivity contribution is 5.67. The van der Waals surface area contributed by atoms with Crippen LogP contribution in [0.15, 0.2) is 24.3 Å². The highest BCUT2D eigenvalue weighted by atomic mass is 16.4. The van der Waals surface area contributed by atoms with Crippen molar-refractivity contribution in [2.75, 3.05) is 11.9 Å². The van der Waals surface area contributed by atoms with Gasteiger partial charge in [-0.3, -0.25) is 4.79 Å². The van der Waals surface area contributed by atoms with Crippen LogP contribution in [-0.4, -0.2) is 17.6 Å². The lowest BCUT2D eigenvalue weighted by Gasteiger charge is -2.13. The maximum Gasteiger partial charge on any atom is 0.303 e. The molecule has 0 saturated carbocycles. The van der Waals surface area contributed by atoms with E-state index >= 15 is 0 Å². The Morgan fingerprint density at radius 1 is 1.28 bits per heavy atom. The van der Waals surface area contributed by atoms with Crippen LogP contribution in [0.25, 0.3) is 0 Å². The van der Waals surface area contributed by atoms with E-state index in [1.807, 2.05) is 6.92 Å². The molecule has 1 aromatic carbocycles. The third-order valence-electron chi connectivity index (χ3n) is 3.27. The highest BCUT2D eigenvalue weighted by Crippen LogP contribution is 2.20. The number of hydrogen-bond acceptors (Lipinski definition) is 2. The summed E-state index contributed by atoms with van der Waals surface area (Å²) in [6.45, 7) is 7.03. The number of rotatable bonds is 7. The predicted octanol–water partition coefficient (Wildman–Crippen LogP) is 3.72. The first-order valence-corrected chi connectivity index (χ1v) is 6.58. The fourth-order valence-electron chi connectivity index (χ4n) is 1.83. The quantitative estimate of drug-likeness (QED) is 0.774. The Bertz CT molecular complexity index is 373. The molecule has 3 nitrogen and oxygen atoms in total. The van der Waals surface area contributed by atoms with Gasteiger partial charge in [-0.05, 0) is 36.0 Å². The summed E-state index contributed by atoms with van der Waals surface area (Å²) >= 11 is 0. The second kappa shape index (κ2) is 7.04. The topological polar surface area (TPSA) is 49.3 Å². The number of carboxylic acids is 1. The van der Waals surface area contributed by atoms with Crippen LogP contribution in [0.5, 0.6) is 0 Å². The first-order valence-electron chi connectivity index (χ1n) is 6.58. The van der Waals surface area contributed by atoms with Gasteiger partial charge in [-0.25, -0.2) is 0 Å². The van der Waals surface area contributed by atoms with Crippen molar-refractivity contribution >= 4 is 11.7 Å². The number of benzene rings is 1. The summed E-state index contributed by atoms with van der Waals surface area (Å²) in [6, 6.07) is 8.40. The van der Waals surface area contributed by atoms with Crippen LogP contribution >= 0.6 is 0 Å². The molecule has 2 unspecified atom stereocenters. The van der Waals surface area contributed by atoms with Gasteiger partial charge in [0.15, 0.2) is 0 Å². The molecule has 0 aliphatic rings. The van der Waals surface area contributed by atoms with Gasteiger partial charge in [0.05, 0.1) is 0 Å². The molecule has 2 N–H and O–H groups in total. The van der Waals surface area contributed by atoms with Crippen LogP contribution in [0.2, 0.25) is 0 Å². The van der Waals surface area contributed by atoms with E-state index in [2.05, 4.69) is 43.4 Å². The lowest BCUT2D eigenvalue weighted by atomic mass is 9.98. The normalized spacial score (nSPS) is 13.9. The first kappa shape index (κ1) is 14.6. The van der Waals surface area contributed by atoms with E-state index in [1.165, 1.54) is 5.56 Å². The van der Waals surface area contributed by atoms with Gasteiger partial charge in [0.25, 0.3) is 0 Å². The van der Waals surface area contributed by atoms with E-state index in [1.54, 1.807) is 0 Å².